The van der Waals surface area contributed by atoms with Crippen molar-refractivity contribution in [2.75, 3.05) is 64.4 Å². The summed E-state index contributed by atoms with van der Waals surface area (Å²) in [5.41, 5.74) is 0. The third kappa shape index (κ3) is 5.20. The van der Waals surface area contributed by atoms with E-state index in [1.54, 1.807) is 15.9 Å². The molecule has 3 saturated heterocycles. The van der Waals surface area contributed by atoms with Gasteiger partial charge in [0.05, 0.1) is 18.2 Å². The number of hydrogen-bond donors (Lipinski definition) is 1. The zero-order chi connectivity index (χ0) is 21.8. The van der Waals surface area contributed by atoms with Crippen LogP contribution in [0.1, 0.15) is 19.3 Å². The first-order valence-electron chi connectivity index (χ1n) is 10.6. The Kier molecular flexibility index (Phi) is 7.12. The summed E-state index contributed by atoms with van der Waals surface area (Å²) in [6.45, 7) is 4.08. The van der Waals surface area contributed by atoms with Crippen molar-refractivity contribution in [3.63, 3.8) is 0 Å². The van der Waals surface area contributed by atoms with Gasteiger partial charge in [-0.25, -0.2) is 13.2 Å². The molecule has 3 amide bonds. The van der Waals surface area contributed by atoms with Crippen molar-refractivity contribution in [2.24, 2.45) is 0 Å². The van der Waals surface area contributed by atoms with Gasteiger partial charge in [0.25, 0.3) is 15.9 Å². The highest BCUT2D eigenvalue weighted by Gasteiger charge is 2.31. The standard InChI is InChI=1S/C19H28N4O6S2/c24-18(15-3-1-12-29-15)21-6-2-7-22(9-8-21)19(25)20-16-4-5-17(30-16)31(26,27)23-10-13-28-14-11-23/h4-5,15H,1-3,6-14H2,(H,20,25). The number of ether oxygens (including phenoxy) is 2. The minimum atomic E-state index is -3.58. The Hall–Kier alpha value is -1.73. The summed E-state index contributed by atoms with van der Waals surface area (Å²) in [5.74, 6) is 0.0102. The van der Waals surface area contributed by atoms with Gasteiger partial charge >= 0.3 is 6.03 Å². The number of morpholine rings is 1. The molecule has 0 aliphatic carbocycles. The molecule has 0 bridgehead atoms. The first-order chi connectivity index (χ1) is 14.9. The van der Waals surface area contributed by atoms with Gasteiger partial charge in [-0.1, -0.05) is 0 Å². The number of anilines is 1. The van der Waals surface area contributed by atoms with E-state index in [-0.39, 0.29) is 22.3 Å². The number of carbonyl (C=O) groups excluding carboxylic acids is 2. The molecule has 1 N–H and O–H groups in total. The minimum Gasteiger partial charge on any atom is -0.379 e. The predicted octanol–water partition coefficient (Wildman–Crippen LogP) is 1.01. The highest BCUT2D eigenvalue weighted by Crippen LogP contribution is 2.29. The van der Waals surface area contributed by atoms with E-state index in [1.807, 2.05) is 0 Å². The Morgan fingerprint density at radius 3 is 2.45 bits per heavy atom. The van der Waals surface area contributed by atoms with Crippen molar-refractivity contribution in [2.45, 2.75) is 29.6 Å². The fourth-order valence-electron chi connectivity index (χ4n) is 3.94. The van der Waals surface area contributed by atoms with Crippen LogP contribution in [0.25, 0.3) is 0 Å². The molecule has 1 aromatic rings. The van der Waals surface area contributed by atoms with Gasteiger partial charge in [-0.15, -0.1) is 11.3 Å². The van der Waals surface area contributed by atoms with Gasteiger partial charge < -0.3 is 19.3 Å². The van der Waals surface area contributed by atoms with Gasteiger partial charge in [-0.2, -0.15) is 4.31 Å². The molecule has 3 aliphatic rings. The molecule has 4 heterocycles. The third-order valence-electron chi connectivity index (χ3n) is 5.68. The van der Waals surface area contributed by atoms with Crippen LogP contribution in [-0.2, 0) is 24.3 Å². The molecule has 12 heteroatoms. The summed E-state index contributed by atoms with van der Waals surface area (Å²) >= 11 is 1.04. The lowest BCUT2D eigenvalue weighted by atomic mass is 10.2. The average molecular weight is 473 g/mol. The maximum absolute atomic E-state index is 12.8. The van der Waals surface area contributed by atoms with Gasteiger partial charge in [-0.3, -0.25) is 10.1 Å². The fourth-order valence-corrected chi connectivity index (χ4v) is 6.70. The molecule has 3 fully saturated rings. The summed E-state index contributed by atoms with van der Waals surface area (Å²) in [6, 6.07) is 2.85. The van der Waals surface area contributed by atoms with Crippen molar-refractivity contribution in [3.05, 3.63) is 12.1 Å². The number of carbonyl (C=O) groups is 2. The lowest BCUT2D eigenvalue weighted by molar-refractivity contribution is -0.140. The average Bonchev–Trinajstić information content (AvgIpc) is 3.42. The molecule has 10 nitrogen and oxygen atoms in total. The quantitative estimate of drug-likeness (QED) is 0.701. The van der Waals surface area contributed by atoms with E-state index < -0.39 is 10.0 Å². The highest BCUT2D eigenvalue weighted by atomic mass is 32.2. The van der Waals surface area contributed by atoms with Crippen molar-refractivity contribution in [3.8, 4) is 0 Å². The van der Waals surface area contributed by atoms with Crippen molar-refractivity contribution in [1.29, 1.82) is 0 Å². The molecule has 4 rings (SSSR count). The maximum Gasteiger partial charge on any atom is 0.322 e. The van der Waals surface area contributed by atoms with Gasteiger partial charge in [0.2, 0.25) is 0 Å². The van der Waals surface area contributed by atoms with E-state index in [1.165, 1.54) is 10.4 Å². The minimum absolute atomic E-state index is 0.0102. The molecule has 172 valence electrons. The molecule has 1 unspecified atom stereocenters. The third-order valence-corrected chi connectivity index (χ3v) is 9.04. The number of nitrogens with one attached hydrogen (secondary N) is 1. The Balaban J connectivity index is 1.33. The van der Waals surface area contributed by atoms with Crippen LogP contribution in [0.15, 0.2) is 16.3 Å². The highest BCUT2D eigenvalue weighted by molar-refractivity contribution is 7.91. The molecule has 0 saturated carbocycles. The summed E-state index contributed by atoms with van der Waals surface area (Å²) in [4.78, 5) is 28.7. The van der Waals surface area contributed by atoms with Crippen LogP contribution in [0.5, 0.6) is 0 Å². The van der Waals surface area contributed by atoms with Gasteiger partial charge in [0.15, 0.2) is 0 Å². The van der Waals surface area contributed by atoms with Crippen LogP contribution in [0.4, 0.5) is 9.80 Å². The largest absolute Gasteiger partial charge is 0.379 e. The molecule has 1 aromatic heterocycles. The van der Waals surface area contributed by atoms with Gasteiger partial charge in [-0.05, 0) is 31.4 Å². The van der Waals surface area contributed by atoms with Gasteiger partial charge in [0.1, 0.15) is 10.3 Å². The number of thiophene rings is 1. The second kappa shape index (κ2) is 9.82. The molecular formula is C19H28N4O6S2. The number of rotatable bonds is 4. The van der Waals surface area contributed by atoms with E-state index in [0.717, 1.165) is 24.2 Å². The van der Waals surface area contributed by atoms with E-state index in [9.17, 15) is 18.0 Å². The van der Waals surface area contributed by atoms with Crippen LogP contribution < -0.4 is 5.32 Å². The topological polar surface area (TPSA) is 108 Å². The van der Waals surface area contributed by atoms with Crippen LogP contribution in [0, 0.1) is 0 Å². The Morgan fingerprint density at radius 1 is 0.968 bits per heavy atom. The number of amides is 3. The van der Waals surface area contributed by atoms with E-state index >= 15 is 0 Å². The van der Waals surface area contributed by atoms with Gasteiger partial charge in [0, 0.05) is 45.9 Å². The number of nitrogens with zero attached hydrogens (tertiary/aromatic N) is 3. The van der Waals surface area contributed by atoms with Crippen LogP contribution in [0.3, 0.4) is 0 Å². The van der Waals surface area contributed by atoms with Crippen molar-refractivity contribution in [1.82, 2.24) is 14.1 Å². The number of hydrogen-bond acceptors (Lipinski definition) is 7. The van der Waals surface area contributed by atoms with Crippen LogP contribution in [0.2, 0.25) is 0 Å². The second-order valence-electron chi connectivity index (χ2n) is 7.73. The van der Waals surface area contributed by atoms with Crippen LogP contribution in [-0.4, -0.2) is 99.7 Å². The van der Waals surface area contributed by atoms with Crippen molar-refractivity contribution < 1.29 is 27.5 Å². The predicted molar refractivity (Wildman–Crippen MR) is 115 cm³/mol. The monoisotopic (exact) mass is 472 g/mol. The van der Waals surface area contributed by atoms with Crippen LogP contribution >= 0.6 is 11.3 Å². The number of urea groups is 1. The Morgan fingerprint density at radius 2 is 1.71 bits per heavy atom. The number of sulfonamides is 1. The zero-order valence-electron chi connectivity index (χ0n) is 17.3. The molecule has 0 radical (unpaired) electrons. The lowest BCUT2D eigenvalue weighted by Gasteiger charge is -2.25. The molecule has 0 aromatic carbocycles. The van der Waals surface area contributed by atoms with Crippen molar-refractivity contribution >= 4 is 38.3 Å². The lowest BCUT2D eigenvalue weighted by Crippen LogP contribution is -2.42. The van der Waals surface area contributed by atoms with E-state index in [4.69, 9.17) is 9.47 Å². The molecule has 0 spiro atoms. The molecular weight excluding hydrogens is 444 g/mol. The second-order valence-corrected chi connectivity index (χ2v) is 11.0. The Labute approximate surface area is 186 Å². The summed E-state index contributed by atoms with van der Waals surface area (Å²) in [5, 5.41) is 3.28. The normalized spacial score (nSPS) is 23.5. The molecule has 1 atom stereocenters. The first-order valence-corrected chi connectivity index (χ1v) is 12.8. The smallest absolute Gasteiger partial charge is 0.322 e. The first kappa shape index (κ1) is 22.5. The molecule has 31 heavy (non-hydrogen) atoms. The Bertz CT molecular complexity index is 893. The fraction of sp³-hybridized carbons (Fsp3) is 0.684. The summed E-state index contributed by atoms with van der Waals surface area (Å²) in [7, 11) is -3.58. The summed E-state index contributed by atoms with van der Waals surface area (Å²) < 4.78 is 37.8. The van der Waals surface area contributed by atoms with E-state index in [0.29, 0.717) is 70.5 Å². The SMILES string of the molecule is O=C(Nc1ccc(S(=O)(=O)N2CCOCC2)s1)N1CCCN(C(=O)C2CCCO2)CC1. The maximum atomic E-state index is 12.8. The zero-order valence-corrected chi connectivity index (χ0v) is 19.0. The summed E-state index contributed by atoms with van der Waals surface area (Å²) in [6.07, 6.45) is 2.00. The van der Waals surface area contributed by atoms with E-state index in [2.05, 4.69) is 5.32 Å². The molecule has 3 aliphatic heterocycles.